The summed E-state index contributed by atoms with van der Waals surface area (Å²) in [6, 6.07) is 11.2. The van der Waals surface area contributed by atoms with E-state index in [-0.39, 0.29) is 11.3 Å². The number of aromatic nitrogens is 1. The summed E-state index contributed by atoms with van der Waals surface area (Å²) in [5, 5.41) is 3.64. The van der Waals surface area contributed by atoms with E-state index in [2.05, 4.69) is 24.1 Å². The highest BCUT2D eigenvalue weighted by atomic mass is 35.5. The number of rotatable bonds is 4. The van der Waals surface area contributed by atoms with Crippen LogP contribution in [0, 0.1) is 0 Å². The molecule has 0 saturated heterocycles. The standard InChI is InChI=1S/C16H17ClN2O/c1-16(2,13-6-3-7-14(17)9-13)11-19-15(20)12-5-4-8-18-10-12/h3-10H,11H2,1-2H3,(H,19,20). The number of carbonyl (C=O) groups excluding carboxylic acids is 1. The van der Waals surface area contributed by atoms with Crippen molar-refractivity contribution >= 4 is 17.5 Å². The first-order valence-electron chi connectivity index (χ1n) is 6.43. The number of benzene rings is 1. The van der Waals surface area contributed by atoms with Crippen LogP contribution in [0.4, 0.5) is 0 Å². The molecular weight excluding hydrogens is 272 g/mol. The lowest BCUT2D eigenvalue weighted by Crippen LogP contribution is -2.36. The van der Waals surface area contributed by atoms with E-state index in [1.165, 1.54) is 0 Å². The van der Waals surface area contributed by atoms with E-state index in [0.29, 0.717) is 17.1 Å². The molecule has 1 heterocycles. The molecule has 0 atom stereocenters. The molecule has 2 rings (SSSR count). The molecule has 104 valence electrons. The molecular formula is C16H17ClN2O. The summed E-state index contributed by atoms with van der Waals surface area (Å²) >= 11 is 6.01. The monoisotopic (exact) mass is 288 g/mol. The third kappa shape index (κ3) is 3.58. The molecule has 1 amide bonds. The van der Waals surface area contributed by atoms with E-state index in [0.717, 1.165) is 5.56 Å². The molecule has 0 radical (unpaired) electrons. The molecule has 0 aliphatic rings. The molecule has 3 nitrogen and oxygen atoms in total. The molecule has 0 aliphatic heterocycles. The van der Waals surface area contributed by atoms with E-state index in [4.69, 9.17) is 11.6 Å². The van der Waals surface area contributed by atoms with Crippen molar-refractivity contribution in [2.45, 2.75) is 19.3 Å². The lowest BCUT2D eigenvalue weighted by molar-refractivity contribution is 0.0945. The fourth-order valence-corrected chi connectivity index (χ4v) is 2.10. The molecule has 20 heavy (non-hydrogen) atoms. The first-order valence-corrected chi connectivity index (χ1v) is 6.81. The van der Waals surface area contributed by atoms with Gasteiger partial charge < -0.3 is 5.32 Å². The van der Waals surface area contributed by atoms with Crippen LogP contribution in [0.3, 0.4) is 0 Å². The van der Waals surface area contributed by atoms with Gasteiger partial charge in [-0.15, -0.1) is 0 Å². The largest absolute Gasteiger partial charge is 0.351 e. The van der Waals surface area contributed by atoms with Gasteiger partial charge in [0.25, 0.3) is 5.91 Å². The fraction of sp³-hybridized carbons (Fsp3) is 0.250. The van der Waals surface area contributed by atoms with Gasteiger partial charge in [0.05, 0.1) is 5.56 Å². The predicted octanol–water partition coefficient (Wildman–Crippen LogP) is 3.44. The van der Waals surface area contributed by atoms with Crippen LogP contribution in [0.1, 0.15) is 29.8 Å². The fourth-order valence-electron chi connectivity index (χ4n) is 1.91. The zero-order valence-corrected chi connectivity index (χ0v) is 12.3. The number of nitrogens with zero attached hydrogens (tertiary/aromatic N) is 1. The van der Waals surface area contributed by atoms with Crippen LogP contribution in [-0.4, -0.2) is 17.4 Å². The van der Waals surface area contributed by atoms with Crippen LogP contribution in [0.5, 0.6) is 0 Å². The molecule has 1 aromatic heterocycles. The van der Waals surface area contributed by atoms with Crippen molar-refractivity contribution in [2.75, 3.05) is 6.54 Å². The van der Waals surface area contributed by atoms with Crippen LogP contribution in [0.15, 0.2) is 48.8 Å². The highest BCUT2D eigenvalue weighted by Crippen LogP contribution is 2.24. The van der Waals surface area contributed by atoms with Gasteiger partial charge in [0.2, 0.25) is 0 Å². The van der Waals surface area contributed by atoms with Crippen LogP contribution in [-0.2, 0) is 5.41 Å². The zero-order chi connectivity index (χ0) is 14.6. The molecule has 1 aromatic carbocycles. The first-order chi connectivity index (χ1) is 9.49. The Morgan fingerprint density at radius 3 is 2.75 bits per heavy atom. The van der Waals surface area contributed by atoms with Crippen LogP contribution in [0.25, 0.3) is 0 Å². The minimum Gasteiger partial charge on any atom is -0.351 e. The average molecular weight is 289 g/mol. The Hall–Kier alpha value is -1.87. The first kappa shape index (κ1) is 14.5. The third-order valence-corrected chi connectivity index (χ3v) is 3.46. The lowest BCUT2D eigenvalue weighted by atomic mass is 9.84. The second-order valence-electron chi connectivity index (χ2n) is 5.32. The minimum absolute atomic E-state index is 0.117. The number of amides is 1. The lowest BCUT2D eigenvalue weighted by Gasteiger charge is -2.25. The van der Waals surface area contributed by atoms with Gasteiger partial charge in [-0.3, -0.25) is 9.78 Å². The van der Waals surface area contributed by atoms with Crippen molar-refractivity contribution in [1.29, 1.82) is 0 Å². The Morgan fingerprint density at radius 1 is 1.30 bits per heavy atom. The minimum atomic E-state index is -0.192. The molecule has 0 saturated carbocycles. The van der Waals surface area contributed by atoms with E-state index >= 15 is 0 Å². The number of halogens is 1. The summed E-state index contributed by atoms with van der Waals surface area (Å²) in [5.41, 5.74) is 1.47. The number of carbonyl (C=O) groups is 1. The topological polar surface area (TPSA) is 42.0 Å². The molecule has 0 aliphatic carbocycles. The summed E-state index contributed by atoms with van der Waals surface area (Å²) in [6.45, 7) is 4.67. The quantitative estimate of drug-likeness (QED) is 0.936. The Balaban J connectivity index is 2.04. The normalized spacial score (nSPS) is 11.2. The van der Waals surface area contributed by atoms with Crippen molar-refractivity contribution in [1.82, 2.24) is 10.3 Å². The van der Waals surface area contributed by atoms with Crippen molar-refractivity contribution in [3.05, 3.63) is 64.9 Å². The Morgan fingerprint density at radius 2 is 2.10 bits per heavy atom. The molecule has 1 N–H and O–H groups in total. The average Bonchev–Trinajstić information content (AvgIpc) is 2.46. The van der Waals surface area contributed by atoms with Crippen molar-refractivity contribution in [3.63, 3.8) is 0 Å². The van der Waals surface area contributed by atoms with Crippen LogP contribution in [0.2, 0.25) is 5.02 Å². The van der Waals surface area contributed by atoms with Crippen molar-refractivity contribution < 1.29 is 4.79 Å². The van der Waals surface area contributed by atoms with Gasteiger partial charge in [-0.05, 0) is 29.8 Å². The third-order valence-electron chi connectivity index (χ3n) is 3.22. The maximum atomic E-state index is 12.0. The van der Waals surface area contributed by atoms with E-state index in [9.17, 15) is 4.79 Å². The summed E-state index contributed by atoms with van der Waals surface area (Å²) < 4.78 is 0. The van der Waals surface area contributed by atoms with Crippen LogP contribution < -0.4 is 5.32 Å². The molecule has 0 spiro atoms. The van der Waals surface area contributed by atoms with Crippen molar-refractivity contribution in [3.8, 4) is 0 Å². The Labute approximate surface area is 124 Å². The van der Waals surface area contributed by atoms with E-state index in [1.54, 1.807) is 24.5 Å². The van der Waals surface area contributed by atoms with Crippen LogP contribution >= 0.6 is 11.6 Å². The van der Waals surface area contributed by atoms with E-state index < -0.39 is 0 Å². The Kier molecular flexibility index (Phi) is 4.40. The maximum absolute atomic E-state index is 12.0. The smallest absolute Gasteiger partial charge is 0.252 e. The van der Waals surface area contributed by atoms with Gasteiger partial charge in [0.1, 0.15) is 0 Å². The van der Waals surface area contributed by atoms with E-state index in [1.807, 2.05) is 24.3 Å². The second kappa shape index (κ2) is 6.06. The number of pyridine rings is 1. The molecule has 0 unspecified atom stereocenters. The predicted molar refractivity (Wildman–Crippen MR) is 81.0 cm³/mol. The zero-order valence-electron chi connectivity index (χ0n) is 11.6. The van der Waals surface area contributed by atoms with Gasteiger partial charge >= 0.3 is 0 Å². The Bertz CT molecular complexity index is 596. The summed E-state index contributed by atoms with van der Waals surface area (Å²) in [5.74, 6) is -0.117. The second-order valence-corrected chi connectivity index (χ2v) is 5.76. The van der Waals surface area contributed by atoms with Crippen molar-refractivity contribution in [2.24, 2.45) is 0 Å². The summed E-state index contributed by atoms with van der Waals surface area (Å²) in [7, 11) is 0. The van der Waals surface area contributed by atoms with Gasteiger partial charge in [-0.1, -0.05) is 37.6 Å². The highest BCUT2D eigenvalue weighted by Gasteiger charge is 2.22. The van der Waals surface area contributed by atoms with Gasteiger partial charge in [-0.25, -0.2) is 0 Å². The van der Waals surface area contributed by atoms with Gasteiger partial charge in [-0.2, -0.15) is 0 Å². The number of hydrogen-bond acceptors (Lipinski definition) is 2. The molecule has 0 fully saturated rings. The highest BCUT2D eigenvalue weighted by molar-refractivity contribution is 6.30. The number of hydrogen-bond donors (Lipinski definition) is 1. The summed E-state index contributed by atoms with van der Waals surface area (Å²) in [6.07, 6.45) is 3.20. The molecule has 2 aromatic rings. The van der Waals surface area contributed by atoms with Gasteiger partial charge in [0.15, 0.2) is 0 Å². The molecule has 0 bridgehead atoms. The number of nitrogens with one attached hydrogen (secondary N) is 1. The maximum Gasteiger partial charge on any atom is 0.252 e. The molecule has 4 heteroatoms. The SMILES string of the molecule is CC(C)(CNC(=O)c1cccnc1)c1cccc(Cl)c1. The summed E-state index contributed by atoms with van der Waals surface area (Å²) in [4.78, 5) is 16.0. The van der Waals surface area contributed by atoms with Gasteiger partial charge in [0, 0.05) is 29.4 Å².